The van der Waals surface area contributed by atoms with E-state index in [0.29, 0.717) is 53.2 Å². The number of nitrogens with one attached hydrogen (secondary N) is 1. The van der Waals surface area contributed by atoms with E-state index in [1.807, 2.05) is 24.8 Å². The van der Waals surface area contributed by atoms with E-state index in [-0.39, 0.29) is 72.5 Å². The normalized spacial score (nSPS) is 26.1. The van der Waals surface area contributed by atoms with Gasteiger partial charge in [0.15, 0.2) is 22.6 Å². The van der Waals surface area contributed by atoms with Crippen molar-refractivity contribution in [1.82, 2.24) is 34.7 Å². The highest BCUT2D eigenvalue weighted by Crippen LogP contribution is 2.73. The van der Waals surface area contributed by atoms with E-state index < -0.39 is 28.9 Å². The van der Waals surface area contributed by atoms with Crippen LogP contribution in [-0.4, -0.2) is 83.2 Å². The predicted molar refractivity (Wildman–Crippen MR) is 170 cm³/mol. The Hall–Kier alpha value is -4.34. The molecule has 2 atom stereocenters. The van der Waals surface area contributed by atoms with Gasteiger partial charge < -0.3 is 24.8 Å². The fourth-order valence-electron chi connectivity index (χ4n) is 8.36. The molecule has 1 aliphatic heterocycles. The molecule has 1 saturated heterocycles. The molecule has 4 aromatic rings. The van der Waals surface area contributed by atoms with Gasteiger partial charge in [0.05, 0.1) is 17.2 Å². The summed E-state index contributed by atoms with van der Waals surface area (Å²) in [6, 6.07) is 1.41. The van der Waals surface area contributed by atoms with Crippen LogP contribution < -0.4 is 15.6 Å². The van der Waals surface area contributed by atoms with E-state index in [4.69, 9.17) is 9.97 Å². The molecular weight excluding hydrogens is 649 g/mol. The molecule has 48 heavy (non-hydrogen) atoms. The maximum absolute atomic E-state index is 14.4. The number of piperazine rings is 1. The molecular formula is C32H33F3N8O4S. The number of carbonyl (C=O) groups is 2. The highest BCUT2D eigenvalue weighted by Gasteiger charge is 2.79. The molecule has 2 bridgehead atoms. The van der Waals surface area contributed by atoms with Crippen LogP contribution in [0.25, 0.3) is 21.5 Å². The van der Waals surface area contributed by atoms with Crippen molar-refractivity contribution in [2.24, 2.45) is 5.41 Å². The zero-order valence-electron chi connectivity index (χ0n) is 26.5. The summed E-state index contributed by atoms with van der Waals surface area (Å²) in [5.41, 5.74) is -0.755. The lowest BCUT2D eigenvalue weighted by atomic mass is 9.39. The van der Waals surface area contributed by atoms with Crippen molar-refractivity contribution in [3.05, 3.63) is 44.6 Å². The van der Waals surface area contributed by atoms with Crippen molar-refractivity contribution in [2.45, 2.75) is 89.6 Å². The predicted octanol–water partition coefficient (Wildman–Crippen LogP) is 3.78. The third kappa shape index (κ3) is 4.36. The number of nitrogens with zero attached hydrogens (tertiary/aromatic N) is 7. The van der Waals surface area contributed by atoms with Crippen molar-refractivity contribution < 1.29 is 27.9 Å². The summed E-state index contributed by atoms with van der Waals surface area (Å²) in [6.45, 7) is 5.73. The van der Waals surface area contributed by atoms with Crippen LogP contribution in [0.2, 0.25) is 0 Å². The number of halogens is 3. The molecule has 16 heteroatoms. The Bertz CT molecular complexity index is 2090. The maximum atomic E-state index is 14.4. The smallest absolute Gasteiger partial charge is 0.394 e. The first kappa shape index (κ1) is 31.0. The summed E-state index contributed by atoms with van der Waals surface area (Å²) in [5, 5.41) is 13.4. The lowest BCUT2D eigenvalue weighted by molar-refractivity contribution is -0.337. The number of thiophene rings is 1. The summed E-state index contributed by atoms with van der Waals surface area (Å²) in [4.78, 5) is 64.3. The molecule has 2 amide bonds. The van der Waals surface area contributed by atoms with Crippen LogP contribution in [0.4, 0.5) is 18.9 Å². The highest BCUT2D eigenvalue weighted by molar-refractivity contribution is 7.18. The standard InChI is InChI=1S/C32H33F3N8O4S/c1-4-18-24(41-7-8-42(20-6-5-19(20)41)29(47)23-25(45)16(3)36-14-37-23)26(46)22-27(39-28-17(38-22)9-15(2)48-28)43(18)10-21(44)40-31-11-30(12-31,13-31)32(33,34)35/h9,14,19-20,45H,4-8,10-13H2,1-3H3,(H,40,44)/t19-,20-,30?,31?/m1/s1. The van der Waals surface area contributed by atoms with E-state index >= 15 is 0 Å². The first-order chi connectivity index (χ1) is 22.7. The molecule has 0 radical (unpaired) electrons. The van der Waals surface area contributed by atoms with E-state index in [0.717, 1.165) is 4.88 Å². The molecule has 4 aromatic heterocycles. The number of amides is 2. The van der Waals surface area contributed by atoms with Crippen LogP contribution in [0.5, 0.6) is 5.75 Å². The van der Waals surface area contributed by atoms with Gasteiger partial charge in [0.2, 0.25) is 11.3 Å². The lowest BCUT2D eigenvalue weighted by Gasteiger charge is -2.70. The van der Waals surface area contributed by atoms with Crippen molar-refractivity contribution in [1.29, 1.82) is 0 Å². The fourth-order valence-corrected chi connectivity index (χ4v) is 9.18. The summed E-state index contributed by atoms with van der Waals surface area (Å²) in [6.07, 6.45) is -1.66. The Morgan fingerprint density at radius 3 is 2.50 bits per heavy atom. The molecule has 5 aliphatic rings. The van der Waals surface area contributed by atoms with E-state index in [1.54, 1.807) is 16.4 Å². The van der Waals surface area contributed by atoms with Crippen LogP contribution in [0.3, 0.4) is 0 Å². The van der Waals surface area contributed by atoms with Gasteiger partial charge in [-0.15, -0.1) is 11.3 Å². The molecule has 5 heterocycles. The Balaban J connectivity index is 1.16. The van der Waals surface area contributed by atoms with E-state index in [1.165, 1.54) is 17.7 Å². The van der Waals surface area contributed by atoms with E-state index in [2.05, 4.69) is 15.3 Å². The average Bonchev–Trinajstić information content (AvgIpc) is 3.34. The van der Waals surface area contributed by atoms with Crippen LogP contribution in [0.1, 0.15) is 65.8 Å². The number of aromatic nitrogens is 5. The first-order valence-electron chi connectivity index (χ1n) is 16.0. The average molecular weight is 683 g/mol. The molecule has 0 spiro atoms. The monoisotopic (exact) mass is 682 g/mol. The molecule has 12 nitrogen and oxygen atoms in total. The topological polar surface area (TPSA) is 146 Å². The van der Waals surface area contributed by atoms with Gasteiger partial charge in [-0.1, -0.05) is 6.92 Å². The summed E-state index contributed by atoms with van der Waals surface area (Å²) < 4.78 is 42.2. The van der Waals surface area contributed by atoms with Gasteiger partial charge in [-0.3, -0.25) is 14.4 Å². The SMILES string of the molecule is CCc1c(N2CCN(C(=O)c3ncnc(C)c3O)[C@@H]3CC[C@H]32)c(=O)c2nc3cc(C)sc3nc2n1CC(=O)NC12CC(C(F)(F)F)(C1)C2. The number of carbonyl (C=O) groups excluding carboxylic acids is 2. The minimum Gasteiger partial charge on any atom is -0.504 e. The Kier molecular flexibility index (Phi) is 6.66. The molecule has 0 aromatic carbocycles. The fraction of sp³-hybridized carbons (Fsp3) is 0.531. The molecule has 252 valence electrons. The largest absolute Gasteiger partial charge is 0.504 e. The van der Waals surface area contributed by atoms with Crippen molar-refractivity contribution in [3.63, 3.8) is 0 Å². The van der Waals surface area contributed by atoms with Crippen LogP contribution in [0.15, 0.2) is 17.2 Å². The third-order valence-corrected chi connectivity index (χ3v) is 11.7. The van der Waals surface area contributed by atoms with Gasteiger partial charge in [0, 0.05) is 35.2 Å². The first-order valence-corrected chi connectivity index (χ1v) is 16.9. The quantitative estimate of drug-likeness (QED) is 0.310. The number of pyridine rings is 1. The Labute approximate surface area is 276 Å². The Morgan fingerprint density at radius 1 is 1.10 bits per heavy atom. The minimum atomic E-state index is -4.29. The van der Waals surface area contributed by atoms with Crippen molar-refractivity contribution >= 4 is 50.3 Å². The van der Waals surface area contributed by atoms with Gasteiger partial charge in [-0.25, -0.2) is 19.9 Å². The van der Waals surface area contributed by atoms with Gasteiger partial charge in [0.1, 0.15) is 28.9 Å². The number of fused-ring (bicyclic) bond motifs is 3. The van der Waals surface area contributed by atoms with Gasteiger partial charge in [-0.2, -0.15) is 13.2 Å². The van der Waals surface area contributed by atoms with Crippen molar-refractivity contribution in [3.8, 4) is 5.75 Å². The zero-order chi connectivity index (χ0) is 33.9. The second kappa shape index (κ2) is 10.3. The van der Waals surface area contributed by atoms with Crippen LogP contribution >= 0.6 is 11.3 Å². The zero-order valence-corrected chi connectivity index (χ0v) is 27.3. The third-order valence-electron chi connectivity index (χ3n) is 10.8. The van der Waals surface area contributed by atoms with Gasteiger partial charge in [0.25, 0.3) is 5.91 Å². The molecule has 9 rings (SSSR count). The molecule has 2 N–H and O–H groups in total. The molecule has 0 unspecified atom stereocenters. The molecule has 4 saturated carbocycles. The maximum Gasteiger partial charge on any atom is 0.394 e. The summed E-state index contributed by atoms with van der Waals surface area (Å²) >= 11 is 1.42. The number of hydrogen-bond donors (Lipinski definition) is 2. The Morgan fingerprint density at radius 2 is 1.83 bits per heavy atom. The van der Waals surface area contributed by atoms with Crippen LogP contribution in [0, 0.1) is 19.3 Å². The second-order valence-electron chi connectivity index (χ2n) is 13.7. The summed E-state index contributed by atoms with van der Waals surface area (Å²) in [7, 11) is 0. The minimum absolute atomic E-state index is 0.0647. The second-order valence-corrected chi connectivity index (χ2v) is 14.9. The number of hydrogen-bond acceptors (Lipinski definition) is 10. The van der Waals surface area contributed by atoms with Crippen molar-refractivity contribution in [2.75, 3.05) is 18.0 Å². The highest BCUT2D eigenvalue weighted by atomic mass is 32.1. The number of aryl methyl sites for hydroxylation is 2. The van der Waals surface area contributed by atoms with Gasteiger partial charge >= 0.3 is 6.18 Å². The lowest BCUT2D eigenvalue weighted by Crippen LogP contribution is -2.78. The van der Waals surface area contributed by atoms with E-state index in [9.17, 15) is 32.7 Å². The van der Waals surface area contributed by atoms with Gasteiger partial charge in [-0.05, 0) is 58.4 Å². The molecule has 4 aliphatic carbocycles. The van der Waals surface area contributed by atoms with Crippen LogP contribution in [-0.2, 0) is 17.8 Å². The number of aromatic hydroxyl groups is 1. The number of rotatable bonds is 6. The number of anilines is 1. The summed E-state index contributed by atoms with van der Waals surface area (Å²) in [5.74, 6) is -1.11. The number of alkyl halides is 3. The molecule has 5 fully saturated rings.